The molecule has 0 amide bonds. The Kier molecular flexibility index (Phi) is 4.22. The van der Waals surface area contributed by atoms with Gasteiger partial charge in [-0.1, -0.05) is 18.6 Å². The van der Waals surface area contributed by atoms with E-state index in [9.17, 15) is 10.1 Å². The van der Waals surface area contributed by atoms with Gasteiger partial charge in [-0.3, -0.25) is 15.0 Å². The quantitative estimate of drug-likeness (QED) is 0.684. The van der Waals surface area contributed by atoms with E-state index in [1.54, 1.807) is 18.2 Å². The van der Waals surface area contributed by atoms with E-state index in [4.69, 9.17) is 0 Å². The van der Waals surface area contributed by atoms with Crippen molar-refractivity contribution in [3.05, 3.63) is 39.9 Å². The summed E-state index contributed by atoms with van der Waals surface area (Å²) in [7, 11) is 0. The van der Waals surface area contributed by atoms with E-state index >= 15 is 0 Å². The van der Waals surface area contributed by atoms with Crippen LogP contribution in [0.5, 0.6) is 0 Å². The van der Waals surface area contributed by atoms with Gasteiger partial charge in [0.2, 0.25) is 0 Å². The monoisotopic (exact) mass is 289 g/mol. The largest absolute Gasteiger partial charge is 0.306 e. The maximum absolute atomic E-state index is 10.9. The highest BCUT2D eigenvalue weighted by Gasteiger charge is 2.35. The first-order valence-corrected chi connectivity index (χ1v) is 7.89. The summed E-state index contributed by atoms with van der Waals surface area (Å²) >= 11 is 0. The second-order valence-corrected chi connectivity index (χ2v) is 6.23. The van der Waals surface area contributed by atoms with Crippen LogP contribution in [0.2, 0.25) is 0 Å². The summed E-state index contributed by atoms with van der Waals surface area (Å²) in [6, 6.07) is 8.29. The molecule has 5 nitrogen and oxygen atoms in total. The van der Waals surface area contributed by atoms with Crippen molar-refractivity contribution in [2.45, 2.75) is 50.7 Å². The molecule has 3 unspecified atom stereocenters. The van der Waals surface area contributed by atoms with E-state index in [0.717, 1.165) is 5.56 Å². The molecule has 3 atom stereocenters. The predicted molar refractivity (Wildman–Crippen MR) is 82.3 cm³/mol. The Morgan fingerprint density at radius 1 is 1.33 bits per heavy atom. The number of piperidine rings is 1. The van der Waals surface area contributed by atoms with Crippen LogP contribution in [0.15, 0.2) is 24.3 Å². The van der Waals surface area contributed by atoms with E-state index < -0.39 is 0 Å². The zero-order valence-electron chi connectivity index (χ0n) is 12.5. The van der Waals surface area contributed by atoms with Crippen molar-refractivity contribution in [2.75, 3.05) is 13.1 Å². The number of fused-ring (bicyclic) bond motifs is 1. The summed E-state index contributed by atoms with van der Waals surface area (Å²) in [6.07, 6.45) is 5.11. The summed E-state index contributed by atoms with van der Waals surface area (Å²) in [5.41, 5.74) is 1.17. The summed E-state index contributed by atoms with van der Waals surface area (Å²) in [5.74, 6) is 0. The van der Waals surface area contributed by atoms with Crippen LogP contribution >= 0.6 is 0 Å². The number of nitrogens with zero attached hydrogens (tertiary/aromatic N) is 2. The molecule has 2 aliphatic rings. The standard InChI is InChI=1S/C16H23N3O2/c1-12(13-5-4-6-14(11-13)19(20)21)17-15-8-10-18-9-3-2-7-16(15)18/h4-6,11-12,15-17H,2-3,7-10H2,1H3. The number of nitro benzene ring substituents is 1. The predicted octanol–water partition coefficient (Wildman–Crippen LogP) is 2.87. The fourth-order valence-electron chi connectivity index (χ4n) is 3.77. The lowest BCUT2D eigenvalue weighted by Gasteiger charge is -2.33. The number of non-ortho nitro benzene ring substituents is 1. The van der Waals surface area contributed by atoms with Crippen LogP contribution in [0.4, 0.5) is 5.69 Å². The van der Waals surface area contributed by atoms with Crippen molar-refractivity contribution >= 4 is 5.69 Å². The molecule has 5 heteroatoms. The maximum atomic E-state index is 10.9. The van der Waals surface area contributed by atoms with Crippen molar-refractivity contribution in [2.24, 2.45) is 0 Å². The molecular weight excluding hydrogens is 266 g/mol. The first kappa shape index (κ1) is 14.5. The van der Waals surface area contributed by atoms with Crippen molar-refractivity contribution < 1.29 is 4.92 Å². The molecule has 0 bridgehead atoms. The van der Waals surface area contributed by atoms with Gasteiger partial charge >= 0.3 is 0 Å². The number of nitro groups is 1. The summed E-state index contributed by atoms with van der Waals surface area (Å²) in [6.45, 7) is 4.52. The molecule has 1 N–H and O–H groups in total. The van der Waals surface area contributed by atoms with Crippen molar-refractivity contribution in [1.82, 2.24) is 10.2 Å². The number of hydrogen-bond donors (Lipinski definition) is 1. The molecule has 1 aromatic carbocycles. The third kappa shape index (κ3) is 3.09. The van der Waals surface area contributed by atoms with Gasteiger partial charge in [-0.25, -0.2) is 0 Å². The Morgan fingerprint density at radius 2 is 2.19 bits per heavy atom. The first-order chi connectivity index (χ1) is 10.1. The second kappa shape index (κ2) is 6.12. The van der Waals surface area contributed by atoms with E-state index in [2.05, 4.69) is 17.1 Å². The minimum atomic E-state index is -0.325. The van der Waals surface area contributed by atoms with Crippen LogP contribution < -0.4 is 5.32 Å². The molecule has 2 heterocycles. The van der Waals surface area contributed by atoms with Crippen molar-refractivity contribution in [1.29, 1.82) is 0 Å². The van der Waals surface area contributed by atoms with E-state index in [0.29, 0.717) is 12.1 Å². The fourth-order valence-corrected chi connectivity index (χ4v) is 3.77. The summed E-state index contributed by atoms with van der Waals surface area (Å²) in [4.78, 5) is 13.2. The van der Waals surface area contributed by atoms with Gasteiger partial charge in [0.05, 0.1) is 4.92 Å². The molecule has 0 radical (unpaired) electrons. The lowest BCUT2D eigenvalue weighted by atomic mass is 9.97. The first-order valence-electron chi connectivity index (χ1n) is 7.89. The molecule has 1 aromatic rings. The zero-order chi connectivity index (χ0) is 14.8. The minimum absolute atomic E-state index is 0.150. The van der Waals surface area contributed by atoms with Crippen LogP contribution in [0.25, 0.3) is 0 Å². The Hall–Kier alpha value is -1.46. The van der Waals surface area contributed by atoms with Crippen LogP contribution in [0, 0.1) is 10.1 Å². The van der Waals surface area contributed by atoms with Crippen LogP contribution in [0.3, 0.4) is 0 Å². The lowest BCUT2D eigenvalue weighted by Crippen LogP contribution is -2.45. The van der Waals surface area contributed by atoms with E-state index in [1.165, 1.54) is 38.8 Å². The zero-order valence-corrected chi connectivity index (χ0v) is 12.5. The smallest absolute Gasteiger partial charge is 0.269 e. The van der Waals surface area contributed by atoms with Gasteiger partial charge in [0.25, 0.3) is 5.69 Å². The maximum Gasteiger partial charge on any atom is 0.269 e. The molecule has 2 saturated heterocycles. The van der Waals surface area contributed by atoms with Gasteiger partial charge in [0.15, 0.2) is 0 Å². The molecule has 21 heavy (non-hydrogen) atoms. The number of benzene rings is 1. The van der Waals surface area contributed by atoms with Crippen LogP contribution in [0.1, 0.15) is 44.2 Å². The molecule has 0 aromatic heterocycles. The topological polar surface area (TPSA) is 58.4 Å². The third-order valence-electron chi connectivity index (χ3n) is 4.90. The summed E-state index contributed by atoms with van der Waals surface area (Å²) in [5, 5.41) is 14.6. The molecule has 0 aliphatic carbocycles. The highest BCUT2D eigenvalue weighted by molar-refractivity contribution is 5.35. The normalized spacial score (nSPS) is 27.3. The third-order valence-corrected chi connectivity index (χ3v) is 4.90. The minimum Gasteiger partial charge on any atom is -0.306 e. The lowest BCUT2D eigenvalue weighted by molar-refractivity contribution is -0.384. The van der Waals surface area contributed by atoms with Gasteiger partial charge in [0.1, 0.15) is 0 Å². The Labute approximate surface area is 125 Å². The highest BCUT2D eigenvalue weighted by atomic mass is 16.6. The van der Waals surface area contributed by atoms with E-state index in [1.807, 2.05) is 6.07 Å². The number of hydrogen-bond acceptors (Lipinski definition) is 4. The number of rotatable bonds is 4. The van der Waals surface area contributed by atoms with Crippen LogP contribution in [-0.4, -0.2) is 35.0 Å². The van der Waals surface area contributed by atoms with Crippen LogP contribution in [-0.2, 0) is 0 Å². The highest BCUT2D eigenvalue weighted by Crippen LogP contribution is 2.29. The molecule has 114 valence electrons. The van der Waals surface area contributed by atoms with Gasteiger partial charge in [-0.2, -0.15) is 0 Å². The molecule has 3 rings (SSSR count). The average molecular weight is 289 g/mol. The molecule has 2 aliphatic heterocycles. The van der Waals surface area contributed by atoms with Crippen molar-refractivity contribution in [3.8, 4) is 0 Å². The van der Waals surface area contributed by atoms with Gasteiger partial charge < -0.3 is 5.32 Å². The molecular formula is C16H23N3O2. The summed E-state index contributed by atoms with van der Waals surface area (Å²) < 4.78 is 0. The van der Waals surface area contributed by atoms with Gasteiger partial charge in [-0.05, 0) is 38.3 Å². The van der Waals surface area contributed by atoms with Gasteiger partial charge in [0, 0.05) is 36.8 Å². The Morgan fingerprint density at radius 3 is 3.00 bits per heavy atom. The number of nitrogens with one attached hydrogen (secondary N) is 1. The Bertz CT molecular complexity index is 520. The molecule has 0 spiro atoms. The van der Waals surface area contributed by atoms with E-state index in [-0.39, 0.29) is 16.7 Å². The average Bonchev–Trinajstić information content (AvgIpc) is 2.91. The SMILES string of the molecule is CC(NC1CCN2CCCCC12)c1cccc([N+](=O)[O-])c1. The van der Waals surface area contributed by atoms with Crippen molar-refractivity contribution in [3.63, 3.8) is 0 Å². The fraction of sp³-hybridized carbons (Fsp3) is 0.625. The molecule has 2 fully saturated rings. The van der Waals surface area contributed by atoms with Gasteiger partial charge in [-0.15, -0.1) is 0 Å². The molecule has 0 saturated carbocycles. The second-order valence-electron chi connectivity index (χ2n) is 6.23. The Balaban J connectivity index is 1.67.